The topological polar surface area (TPSA) is 38.9 Å². The van der Waals surface area contributed by atoms with Gasteiger partial charge in [-0.2, -0.15) is 0 Å². The molecule has 1 aromatic heterocycles. The summed E-state index contributed by atoms with van der Waals surface area (Å²) in [5.74, 6) is 0.420. The van der Waals surface area contributed by atoms with Crippen LogP contribution in [0.15, 0.2) is 18.3 Å². The van der Waals surface area contributed by atoms with E-state index in [1.54, 1.807) is 0 Å². The quantitative estimate of drug-likeness (QED) is 0.693. The Hall–Kier alpha value is -0.890. The van der Waals surface area contributed by atoms with E-state index in [1.165, 1.54) is 5.56 Å². The van der Waals surface area contributed by atoms with E-state index in [9.17, 15) is 0 Å². The molecule has 0 aliphatic heterocycles. The molecule has 1 rings (SSSR count). The standard InChI is InChI=1S/C9H14N2/c1-7(5-10)9-4-3-8(2)11-6-9/h3-4,6-7H,5,10H2,1-2H3/t7-/m0/s1. The molecular formula is C9H14N2. The van der Waals surface area contributed by atoms with Crippen LogP contribution in [0, 0.1) is 6.92 Å². The van der Waals surface area contributed by atoms with Crippen molar-refractivity contribution in [1.29, 1.82) is 0 Å². The van der Waals surface area contributed by atoms with Gasteiger partial charge in [-0.05, 0) is 31.0 Å². The fraction of sp³-hybridized carbons (Fsp3) is 0.444. The Kier molecular flexibility index (Phi) is 2.60. The molecule has 0 spiro atoms. The van der Waals surface area contributed by atoms with Crippen molar-refractivity contribution in [3.63, 3.8) is 0 Å². The summed E-state index contributed by atoms with van der Waals surface area (Å²) in [4.78, 5) is 4.19. The van der Waals surface area contributed by atoms with Gasteiger partial charge >= 0.3 is 0 Å². The van der Waals surface area contributed by atoms with Gasteiger partial charge in [0.05, 0.1) is 0 Å². The first kappa shape index (κ1) is 8.21. The van der Waals surface area contributed by atoms with Gasteiger partial charge in [0, 0.05) is 11.9 Å². The van der Waals surface area contributed by atoms with Crippen molar-refractivity contribution in [2.75, 3.05) is 6.54 Å². The second-order valence-electron chi connectivity index (χ2n) is 2.87. The van der Waals surface area contributed by atoms with Crippen LogP contribution in [0.4, 0.5) is 0 Å². The molecule has 0 radical (unpaired) electrons. The summed E-state index contributed by atoms with van der Waals surface area (Å²) in [6.45, 7) is 4.77. The number of aromatic nitrogens is 1. The van der Waals surface area contributed by atoms with Gasteiger partial charge in [-0.15, -0.1) is 0 Å². The molecule has 0 unspecified atom stereocenters. The predicted octanol–water partition coefficient (Wildman–Crippen LogP) is 1.45. The van der Waals surface area contributed by atoms with Gasteiger partial charge in [-0.25, -0.2) is 0 Å². The lowest BCUT2D eigenvalue weighted by Gasteiger charge is -2.07. The van der Waals surface area contributed by atoms with Gasteiger partial charge in [0.25, 0.3) is 0 Å². The van der Waals surface area contributed by atoms with Gasteiger partial charge in [-0.3, -0.25) is 4.98 Å². The monoisotopic (exact) mass is 150 g/mol. The molecule has 0 aromatic carbocycles. The average Bonchev–Trinajstić information content (AvgIpc) is 2.05. The van der Waals surface area contributed by atoms with E-state index in [0.717, 1.165) is 5.69 Å². The van der Waals surface area contributed by atoms with Gasteiger partial charge in [0.1, 0.15) is 0 Å². The van der Waals surface area contributed by atoms with Crippen molar-refractivity contribution in [3.8, 4) is 0 Å². The van der Waals surface area contributed by atoms with Gasteiger partial charge in [0.15, 0.2) is 0 Å². The van der Waals surface area contributed by atoms with Crippen LogP contribution < -0.4 is 5.73 Å². The Labute approximate surface area is 67.5 Å². The number of nitrogens with zero attached hydrogens (tertiary/aromatic N) is 1. The summed E-state index contributed by atoms with van der Waals surface area (Å²) in [7, 11) is 0. The van der Waals surface area contributed by atoms with Crippen molar-refractivity contribution in [2.24, 2.45) is 5.73 Å². The summed E-state index contributed by atoms with van der Waals surface area (Å²) in [6.07, 6.45) is 1.90. The molecule has 2 N–H and O–H groups in total. The zero-order valence-electron chi connectivity index (χ0n) is 7.04. The minimum absolute atomic E-state index is 0.420. The first-order valence-electron chi connectivity index (χ1n) is 3.86. The fourth-order valence-electron chi connectivity index (χ4n) is 0.907. The van der Waals surface area contributed by atoms with E-state index in [-0.39, 0.29) is 0 Å². The molecule has 0 fully saturated rings. The average molecular weight is 150 g/mol. The lowest BCUT2D eigenvalue weighted by atomic mass is 10.0. The van der Waals surface area contributed by atoms with Crippen molar-refractivity contribution in [2.45, 2.75) is 19.8 Å². The van der Waals surface area contributed by atoms with Crippen LogP contribution in [-0.4, -0.2) is 11.5 Å². The van der Waals surface area contributed by atoms with Crippen LogP contribution in [-0.2, 0) is 0 Å². The Morgan fingerprint density at radius 1 is 1.55 bits per heavy atom. The summed E-state index contributed by atoms with van der Waals surface area (Å²) >= 11 is 0. The van der Waals surface area contributed by atoms with E-state index >= 15 is 0 Å². The lowest BCUT2D eigenvalue weighted by molar-refractivity contribution is 0.768. The molecule has 60 valence electrons. The van der Waals surface area contributed by atoms with Crippen LogP contribution in [0.1, 0.15) is 24.1 Å². The molecule has 2 heteroatoms. The molecule has 0 amide bonds. The van der Waals surface area contributed by atoms with Crippen LogP contribution in [0.2, 0.25) is 0 Å². The fourth-order valence-corrected chi connectivity index (χ4v) is 0.907. The van der Waals surface area contributed by atoms with Gasteiger partial charge in [0.2, 0.25) is 0 Å². The minimum Gasteiger partial charge on any atom is -0.330 e. The van der Waals surface area contributed by atoms with Crippen LogP contribution >= 0.6 is 0 Å². The highest BCUT2D eigenvalue weighted by molar-refractivity contribution is 5.17. The van der Waals surface area contributed by atoms with Crippen molar-refractivity contribution in [1.82, 2.24) is 4.98 Å². The number of nitrogens with two attached hydrogens (primary N) is 1. The summed E-state index contributed by atoms with van der Waals surface area (Å²) in [6, 6.07) is 4.10. The normalized spacial score (nSPS) is 13.0. The Bertz CT molecular complexity index is 216. The lowest BCUT2D eigenvalue weighted by Crippen LogP contribution is -2.08. The molecule has 0 aliphatic carbocycles. The van der Waals surface area contributed by atoms with Gasteiger partial charge < -0.3 is 5.73 Å². The first-order chi connectivity index (χ1) is 5.24. The molecule has 2 nitrogen and oxygen atoms in total. The third-order valence-corrected chi connectivity index (χ3v) is 1.86. The maximum Gasteiger partial charge on any atom is 0.0372 e. The van der Waals surface area contributed by atoms with Crippen LogP contribution in [0.3, 0.4) is 0 Å². The Morgan fingerprint density at radius 2 is 2.27 bits per heavy atom. The van der Waals surface area contributed by atoms with E-state index in [0.29, 0.717) is 12.5 Å². The predicted molar refractivity (Wildman–Crippen MR) is 46.4 cm³/mol. The zero-order valence-corrected chi connectivity index (χ0v) is 7.04. The summed E-state index contributed by atoms with van der Waals surface area (Å²) in [5.41, 5.74) is 7.79. The molecule has 1 heterocycles. The molecule has 1 aromatic rings. The number of rotatable bonds is 2. The maximum absolute atomic E-state index is 5.51. The van der Waals surface area contributed by atoms with Crippen molar-refractivity contribution < 1.29 is 0 Å². The van der Waals surface area contributed by atoms with E-state index < -0.39 is 0 Å². The number of pyridine rings is 1. The highest BCUT2D eigenvalue weighted by Crippen LogP contribution is 2.11. The van der Waals surface area contributed by atoms with Crippen molar-refractivity contribution >= 4 is 0 Å². The Balaban J connectivity index is 2.81. The second-order valence-corrected chi connectivity index (χ2v) is 2.87. The third kappa shape index (κ3) is 2.02. The molecular weight excluding hydrogens is 136 g/mol. The van der Waals surface area contributed by atoms with Crippen LogP contribution in [0.5, 0.6) is 0 Å². The minimum atomic E-state index is 0.420. The Morgan fingerprint density at radius 3 is 2.73 bits per heavy atom. The smallest absolute Gasteiger partial charge is 0.0372 e. The maximum atomic E-state index is 5.51. The molecule has 0 saturated heterocycles. The highest BCUT2D eigenvalue weighted by Gasteiger charge is 2.01. The van der Waals surface area contributed by atoms with E-state index in [1.807, 2.05) is 19.2 Å². The first-order valence-corrected chi connectivity index (χ1v) is 3.86. The largest absolute Gasteiger partial charge is 0.330 e. The number of aryl methyl sites for hydroxylation is 1. The van der Waals surface area contributed by atoms with E-state index in [2.05, 4.69) is 18.0 Å². The summed E-state index contributed by atoms with van der Waals surface area (Å²) in [5, 5.41) is 0. The summed E-state index contributed by atoms with van der Waals surface area (Å²) < 4.78 is 0. The van der Waals surface area contributed by atoms with Gasteiger partial charge in [-0.1, -0.05) is 13.0 Å². The molecule has 1 atom stereocenters. The SMILES string of the molecule is Cc1ccc([C@@H](C)CN)cn1. The van der Waals surface area contributed by atoms with E-state index in [4.69, 9.17) is 5.73 Å². The van der Waals surface area contributed by atoms with Crippen molar-refractivity contribution in [3.05, 3.63) is 29.6 Å². The molecule has 11 heavy (non-hydrogen) atoms. The molecule has 0 saturated carbocycles. The van der Waals surface area contributed by atoms with Crippen LogP contribution in [0.25, 0.3) is 0 Å². The third-order valence-electron chi connectivity index (χ3n) is 1.86. The number of hydrogen-bond donors (Lipinski definition) is 1. The molecule has 0 aliphatic rings. The number of hydrogen-bond acceptors (Lipinski definition) is 2. The molecule has 0 bridgehead atoms. The zero-order chi connectivity index (χ0) is 8.27. The highest BCUT2D eigenvalue weighted by atomic mass is 14.7. The second kappa shape index (κ2) is 3.49.